The third kappa shape index (κ3) is 2.04. The highest BCUT2D eigenvalue weighted by molar-refractivity contribution is 5.41. The van der Waals surface area contributed by atoms with Crippen molar-refractivity contribution in [3.63, 3.8) is 0 Å². The number of nitro benzene ring substituents is 1. The second-order valence-electron chi connectivity index (χ2n) is 2.66. The molecule has 1 rings (SSSR count). The van der Waals surface area contributed by atoms with E-state index in [1.807, 2.05) is 0 Å². The van der Waals surface area contributed by atoms with E-state index in [9.17, 15) is 14.5 Å². The molecule has 0 fully saturated rings. The fraction of sp³-hybridized carbons (Fsp3) is 0.250. The Morgan fingerprint density at radius 1 is 1.57 bits per heavy atom. The van der Waals surface area contributed by atoms with Gasteiger partial charge in [0.1, 0.15) is 11.9 Å². The first-order valence-electron chi connectivity index (χ1n) is 3.79. The Morgan fingerprint density at radius 3 is 2.71 bits per heavy atom. The summed E-state index contributed by atoms with van der Waals surface area (Å²) in [5.41, 5.74) is -0.634. The SMILES string of the molecule is O=[N+]([O-])c1ccc(F)cc1C(O)CO. The molecule has 0 bridgehead atoms. The fourth-order valence-electron chi connectivity index (χ4n) is 1.06. The lowest BCUT2D eigenvalue weighted by Gasteiger charge is -2.07. The van der Waals surface area contributed by atoms with Crippen LogP contribution in [0.15, 0.2) is 18.2 Å². The van der Waals surface area contributed by atoms with E-state index in [0.717, 1.165) is 18.2 Å². The zero-order chi connectivity index (χ0) is 10.7. The van der Waals surface area contributed by atoms with Crippen LogP contribution >= 0.6 is 0 Å². The van der Waals surface area contributed by atoms with Crippen LogP contribution < -0.4 is 0 Å². The van der Waals surface area contributed by atoms with Crippen molar-refractivity contribution in [2.45, 2.75) is 6.10 Å². The minimum atomic E-state index is -1.44. The molecule has 0 aliphatic carbocycles. The minimum Gasteiger partial charge on any atom is -0.393 e. The number of nitrogens with zero attached hydrogens (tertiary/aromatic N) is 1. The molecule has 0 heterocycles. The van der Waals surface area contributed by atoms with Gasteiger partial charge in [-0.3, -0.25) is 10.1 Å². The summed E-state index contributed by atoms with van der Waals surface area (Å²) in [6, 6.07) is 2.70. The predicted octanol–water partition coefficient (Wildman–Crippen LogP) is 0.760. The Labute approximate surface area is 78.6 Å². The number of aliphatic hydroxyl groups excluding tert-OH is 2. The van der Waals surface area contributed by atoms with Crippen LogP contribution in [0.1, 0.15) is 11.7 Å². The summed E-state index contributed by atoms with van der Waals surface area (Å²) in [6.45, 7) is -0.690. The summed E-state index contributed by atoms with van der Waals surface area (Å²) in [6.07, 6.45) is -1.44. The first kappa shape index (κ1) is 10.6. The molecule has 0 aromatic heterocycles. The van der Waals surface area contributed by atoms with Crippen LogP contribution in [-0.4, -0.2) is 21.7 Å². The summed E-state index contributed by atoms with van der Waals surface area (Å²) in [4.78, 5) is 9.70. The van der Waals surface area contributed by atoms with Crippen LogP contribution in [0.4, 0.5) is 10.1 Å². The Hall–Kier alpha value is -1.53. The second kappa shape index (κ2) is 4.12. The lowest BCUT2D eigenvalue weighted by Crippen LogP contribution is -2.06. The maximum Gasteiger partial charge on any atom is 0.275 e. The smallest absolute Gasteiger partial charge is 0.275 e. The van der Waals surface area contributed by atoms with Crippen LogP contribution in [0.25, 0.3) is 0 Å². The van der Waals surface area contributed by atoms with Gasteiger partial charge in [0, 0.05) is 6.07 Å². The molecule has 1 aromatic carbocycles. The zero-order valence-electron chi connectivity index (χ0n) is 7.05. The lowest BCUT2D eigenvalue weighted by molar-refractivity contribution is -0.386. The van der Waals surface area contributed by atoms with Crippen molar-refractivity contribution < 1.29 is 19.5 Å². The van der Waals surface area contributed by atoms with Crippen molar-refractivity contribution >= 4 is 5.69 Å². The van der Waals surface area contributed by atoms with Crippen LogP contribution in [-0.2, 0) is 0 Å². The van der Waals surface area contributed by atoms with Gasteiger partial charge in [-0.05, 0) is 12.1 Å². The summed E-state index contributed by atoms with van der Waals surface area (Å²) >= 11 is 0. The third-order valence-electron chi connectivity index (χ3n) is 1.72. The van der Waals surface area contributed by atoms with E-state index in [4.69, 9.17) is 10.2 Å². The first-order chi connectivity index (χ1) is 6.56. The Morgan fingerprint density at radius 2 is 2.21 bits per heavy atom. The quantitative estimate of drug-likeness (QED) is 0.558. The van der Waals surface area contributed by atoms with E-state index < -0.39 is 29.1 Å². The monoisotopic (exact) mass is 201 g/mol. The largest absolute Gasteiger partial charge is 0.393 e. The van der Waals surface area contributed by atoms with Gasteiger partial charge in [0.2, 0.25) is 0 Å². The molecule has 6 heteroatoms. The lowest BCUT2D eigenvalue weighted by atomic mass is 10.1. The van der Waals surface area contributed by atoms with E-state index in [-0.39, 0.29) is 5.56 Å². The molecule has 14 heavy (non-hydrogen) atoms. The maximum absolute atomic E-state index is 12.7. The van der Waals surface area contributed by atoms with E-state index in [0.29, 0.717) is 0 Å². The van der Waals surface area contributed by atoms with Gasteiger partial charge in [0.15, 0.2) is 0 Å². The predicted molar refractivity (Wildman–Crippen MR) is 45.1 cm³/mol. The van der Waals surface area contributed by atoms with Gasteiger partial charge < -0.3 is 10.2 Å². The number of rotatable bonds is 3. The number of hydrogen-bond acceptors (Lipinski definition) is 4. The summed E-state index contributed by atoms with van der Waals surface area (Å²) in [5.74, 6) is -0.696. The van der Waals surface area contributed by atoms with Gasteiger partial charge in [0.25, 0.3) is 5.69 Å². The van der Waals surface area contributed by atoms with E-state index in [1.165, 1.54) is 0 Å². The molecule has 2 N–H and O–H groups in total. The number of halogens is 1. The molecular weight excluding hydrogens is 193 g/mol. The Bertz CT molecular complexity index is 355. The zero-order valence-corrected chi connectivity index (χ0v) is 7.05. The fourth-order valence-corrected chi connectivity index (χ4v) is 1.06. The molecule has 0 aliphatic rings. The number of nitro groups is 1. The van der Waals surface area contributed by atoms with Crippen molar-refractivity contribution in [2.75, 3.05) is 6.61 Å². The van der Waals surface area contributed by atoms with Crippen molar-refractivity contribution in [1.29, 1.82) is 0 Å². The second-order valence-corrected chi connectivity index (χ2v) is 2.66. The van der Waals surface area contributed by atoms with E-state index in [2.05, 4.69) is 0 Å². The van der Waals surface area contributed by atoms with Gasteiger partial charge in [-0.25, -0.2) is 4.39 Å². The molecule has 1 aromatic rings. The van der Waals surface area contributed by atoms with Gasteiger partial charge in [-0.2, -0.15) is 0 Å². The summed E-state index contributed by atoms with van der Waals surface area (Å²) in [7, 11) is 0. The molecular formula is C8H8FNO4. The van der Waals surface area contributed by atoms with Gasteiger partial charge >= 0.3 is 0 Å². The molecule has 0 saturated carbocycles. The van der Waals surface area contributed by atoms with E-state index in [1.54, 1.807) is 0 Å². The molecule has 0 aliphatic heterocycles. The summed E-state index contributed by atoms with van der Waals surface area (Å²) < 4.78 is 12.7. The molecule has 5 nitrogen and oxygen atoms in total. The highest BCUT2D eigenvalue weighted by atomic mass is 19.1. The molecule has 1 atom stereocenters. The molecule has 1 unspecified atom stereocenters. The van der Waals surface area contributed by atoms with Crippen molar-refractivity contribution in [3.05, 3.63) is 39.7 Å². The maximum atomic E-state index is 12.7. The third-order valence-corrected chi connectivity index (χ3v) is 1.72. The van der Waals surface area contributed by atoms with Crippen LogP contribution in [0.3, 0.4) is 0 Å². The van der Waals surface area contributed by atoms with Crippen LogP contribution in [0.5, 0.6) is 0 Å². The molecule has 76 valence electrons. The number of aliphatic hydroxyl groups is 2. The van der Waals surface area contributed by atoms with Crippen molar-refractivity contribution in [3.8, 4) is 0 Å². The number of benzene rings is 1. The highest BCUT2D eigenvalue weighted by Crippen LogP contribution is 2.25. The van der Waals surface area contributed by atoms with Crippen molar-refractivity contribution in [2.24, 2.45) is 0 Å². The minimum absolute atomic E-state index is 0.225. The van der Waals surface area contributed by atoms with Crippen LogP contribution in [0, 0.1) is 15.9 Å². The standard InChI is InChI=1S/C8H8FNO4/c9-5-1-2-7(10(13)14)6(3-5)8(12)4-11/h1-3,8,11-12H,4H2. The normalized spacial score (nSPS) is 12.5. The Balaban J connectivity index is 3.22. The van der Waals surface area contributed by atoms with Gasteiger partial charge in [-0.15, -0.1) is 0 Å². The van der Waals surface area contributed by atoms with Crippen LogP contribution in [0.2, 0.25) is 0 Å². The average Bonchev–Trinajstić information content (AvgIpc) is 2.16. The summed E-state index contributed by atoms with van der Waals surface area (Å²) in [5, 5.41) is 28.2. The molecule has 0 spiro atoms. The highest BCUT2D eigenvalue weighted by Gasteiger charge is 2.20. The molecule has 0 amide bonds. The van der Waals surface area contributed by atoms with Gasteiger partial charge in [0.05, 0.1) is 17.1 Å². The first-order valence-corrected chi connectivity index (χ1v) is 3.79. The Kier molecular flexibility index (Phi) is 3.10. The molecule has 0 radical (unpaired) electrons. The topological polar surface area (TPSA) is 83.6 Å². The molecule has 0 saturated heterocycles. The van der Waals surface area contributed by atoms with E-state index >= 15 is 0 Å². The number of hydrogen-bond donors (Lipinski definition) is 2. The van der Waals surface area contributed by atoms with Gasteiger partial charge in [-0.1, -0.05) is 0 Å². The van der Waals surface area contributed by atoms with Crippen molar-refractivity contribution in [1.82, 2.24) is 0 Å². The average molecular weight is 201 g/mol.